The SMILES string of the molecule is CS(=O)(=O)N1CCC(NC(=O)CCCc2c[nH]c3ccccc23)CC1. The van der Waals surface area contributed by atoms with Gasteiger partial charge in [-0.2, -0.15) is 0 Å². The second kappa shape index (κ2) is 7.58. The molecule has 2 heterocycles. The van der Waals surface area contributed by atoms with Crippen molar-refractivity contribution in [2.75, 3.05) is 19.3 Å². The number of hydrogen-bond donors (Lipinski definition) is 2. The first-order valence-corrected chi connectivity index (χ1v) is 10.6. The summed E-state index contributed by atoms with van der Waals surface area (Å²) < 4.78 is 24.5. The van der Waals surface area contributed by atoms with Crippen LogP contribution < -0.4 is 5.32 Å². The van der Waals surface area contributed by atoms with Gasteiger partial charge in [-0.1, -0.05) is 18.2 Å². The van der Waals surface area contributed by atoms with Gasteiger partial charge in [-0.05, 0) is 37.3 Å². The third-order valence-electron chi connectivity index (χ3n) is 4.81. The predicted octanol–water partition coefficient (Wildman–Crippen LogP) is 2.03. The van der Waals surface area contributed by atoms with E-state index in [2.05, 4.69) is 22.4 Å². The first-order chi connectivity index (χ1) is 11.9. The molecule has 1 aliphatic heterocycles. The number of H-pyrrole nitrogens is 1. The second-order valence-corrected chi connectivity index (χ2v) is 8.70. The molecule has 0 radical (unpaired) electrons. The first-order valence-electron chi connectivity index (χ1n) is 8.73. The first kappa shape index (κ1) is 17.9. The fourth-order valence-corrected chi connectivity index (χ4v) is 4.28. The number of benzene rings is 1. The number of aromatic nitrogens is 1. The number of aromatic amines is 1. The Balaban J connectivity index is 1.42. The average molecular weight is 363 g/mol. The number of sulfonamides is 1. The molecule has 25 heavy (non-hydrogen) atoms. The lowest BCUT2D eigenvalue weighted by atomic mass is 10.0. The minimum absolute atomic E-state index is 0.0534. The number of para-hydroxylation sites is 1. The van der Waals surface area contributed by atoms with Crippen LogP contribution in [0.4, 0.5) is 0 Å². The van der Waals surface area contributed by atoms with Crippen LogP contribution in [0.2, 0.25) is 0 Å². The smallest absolute Gasteiger partial charge is 0.220 e. The number of carbonyl (C=O) groups is 1. The van der Waals surface area contributed by atoms with E-state index in [1.165, 1.54) is 21.5 Å². The molecule has 6 nitrogen and oxygen atoms in total. The monoisotopic (exact) mass is 363 g/mol. The predicted molar refractivity (Wildman–Crippen MR) is 98.8 cm³/mol. The molecule has 7 heteroatoms. The maximum Gasteiger partial charge on any atom is 0.220 e. The molecule has 1 fully saturated rings. The Hall–Kier alpha value is -1.86. The minimum Gasteiger partial charge on any atom is -0.361 e. The third kappa shape index (κ3) is 4.61. The molecule has 136 valence electrons. The molecule has 2 aromatic rings. The standard InChI is InChI=1S/C18H25N3O3S/c1-25(23,24)21-11-9-15(10-12-21)20-18(22)8-4-5-14-13-19-17-7-3-2-6-16(14)17/h2-3,6-7,13,15,19H,4-5,8-12H2,1H3,(H,20,22). The van der Waals surface area contributed by atoms with E-state index in [-0.39, 0.29) is 11.9 Å². The van der Waals surface area contributed by atoms with Crippen LogP contribution in [0.15, 0.2) is 30.5 Å². The van der Waals surface area contributed by atoms with Crippen molar-refractivity contribution in [3.05, 3.63) is 36.0 Å². The number of hydrogen-bond acceptors (Lipinski definition) is 3. The maximum absolute atomic E-state index is 12.1. The lowest BCUT2D eigenvalue weighted by Gasteiger charge is -2.30. The van der Waals surface area contributed by atoms with Gasteiger partial charge in [0.15, 0.2) is 0 Å². The third-order valence-corrected chi connectivity index (χ3v) is 6.12. The largest absolute Gasteiger partial charge is 0.361 e. The van der Waals surface area contributed by atoms with E-state index in [1.54, 1.807) is 0 Å². The summed E-state index contributed by atoms with van der Waals surface area (Å²) >= 11 is 0. The molecule has 1 amide bonds. The molecule has 0 bridgehead atoms. The van der Waals surface area contributed by atoms with Crippen molar-refractivity contribution < 1.29 is 13.2 Å². The van der Waals surface area contributed by atoms with E-state index in [1.807, 2.05) is 18.3 Å². The summed E-state index contributed by atoms with van der Waals surface area (Å²) in [7, 11) is -3.12. The summed E-state index contributed by atoms with van der Waals surface area (Å²) in [6.45, 7) is 0.970. The number of fused-ring (bicyclic) bond motifs is 1. The molecular weight excluding hydrogens is 338 g/mol. The molecule has 1 saturated heterocycles. The Morgan fingerprint density at radius 2 is 2.00 bits per heavy atom. The molecule has 1 aromatic heterocycles. The van der Waals surface area contributed by atoms with E-state index in [0.29, 0.717) is 32.4 Å². The number of piperidine rings is 1. The lowest BCUT2D eigenvalue weighted by molar-refractivity contribution is -0.122. The van der Waals surface area contributed by atoms with Crippen LogP contribution >= 0.6 is 0 Å². The molecule has 0 spiro atoms. The van der Waals surface area contributed by atoms with Crippen molar-refractivity contribution in [3.8, 4) is 0 Å². The molecule has 0 saturated carbocycles. The van der Waals surface area contributed by atoms with Gasteiger partial charge in [0.25, 0.3) is 0 Å². The molecule has 2 N–H and O–H groups in total. The van der Waals surface area contributed by atoms with Crippen LogP contribution in [0, 0.1) is 0 Å². The van der Waals surface area contributed by atoms with Gasteiger partial charge in [-0.15, -0.1) is 0 Å². The zero-order valence-corrected chi connectivity index (χ0v) is 15.3. The summed E-state index contributed by atoms with van der Waals surface area (Å²) in [4.78, 5) is 15.4. The zero-order valence-electron chi connectivity index (χ0n) is 14.5. The Morgan fingerprint density at radius 3 is 2.72 bits per heavy atom. The van der Waals surface area contributed by atoms with Gasteiger partial charge in [0, 0.05) is 42.7 Å². The van der Waals surface area contributed by atoms with Crippen molar-refractivity contribution in [1.29, 1.82) is 0 Å². The molecule has 3 rings (SSSR count). The zero-order chi connectivity index (χ0) is 17.9. The normalized spacial score (nSPS) is 17.0. The summed E-state index contributed by atoms with van der Waals surface area (Å²) in [5.41, 5.74) is 2.37. The van der Waals surface area contributed by atoms with Crippen LogP contribution in [-0.2, 0) is 21.2 Å². The summed E-state index contributed by atoms with van der Waals surface area (Å²) in [6, 6.07) is 8.25. The molecule has 0 aliphatic carbocycles. The lowest BCUT2D eigenvalue weighted by Crippen LogP contribution is -2.46. The number of rotatable bonds is 6. The summed E-state index contributed by atoms with van der Waals surface area (Å²) in [5.74, 6) is 0.0534. The molecule has 1 aliphatic rings. The van der Waals surface area contributed by atoms with Gasteiger partial charge in [-0.3, -0.25) is 4.79 Å². The Labute approximate surface area is 148 Å². The van der Waals surface area contributed by atoms with Gasteiger partial charge in [0.05, 0.1) is 6.26 Å². The fourth-order valence-electron chi connectivity index (χ4n) is 3.41. The second-order valence-electron chi connectivity index (χ2n) is 6.72. The van der Waals surface area contributed by atoms with Crippen molar-refractivity contribution in [2.45, 2.75) is 38.1 Å². The van der Waals surface area contributed by atoms with Gasteiger partial charge < -0.3 is 10.3 Å². The molecular formula is C18H25N3O3S. The number of nitrogens with one attached hydrogen (secondary N) is 2. The van der Waals surface area contributed by atoms with E-state index >= 15 is 0 Å². The highest BCUT2D eigenvalue weighted by atomic mass is 32.2. The number of amides is 1. The minimum atomic E-state index is -3.12. The fraction of sp³-hybridized carbons (Fsp3) is 0.500. The number of nitrogens with zero attached hydrogens (tertiary/aromatic N) is 1. The van der Waals surface area contributed by atoms with Crippen LogP contribution in [0.5, 0.6) is 0 Å². The van der Waals surface area contributed by atoms with Gasteiger partial charge >= 0.3 is 0 Å². The summed E-state index contributed by atoms with van der Waals surface area (Å²) in [5, 5.41) is 4.26. The summed E-state index contributed by atoms with van der Waals surface area (Å²) in [6.07, 6.45) is 6.77. The van der Waals surface area contributed by atoms with Gasteiger partial charge in [0.1, 0.15) is 0 Å². The molecule has 0 unspecified atom stereocenters. The van der Waals surface area contributed by atoms with Gasteiger partial charge in [0.2, 0.25) is 15.9 Å². The number of aryl methyl sites for hydroxylation is 1. The van der Waals surface area contributed by atoms with E-state index in [0.717, 1.165) is 18.4 Å². The van der Waals surface area contributed by atoms with Crippen molar-refractivity contribution >= 4 is 26.8 Å². The van der Waals surface area contributed by atoms with Crippen LogP contribution in [0.3, 0.4) is 0 Å². The van der Waals surface area contributed by atoms with E-state index < -0.39 is 10.0 Å². The number of carbonyl (C=O) groups excluding carboxylic acids is 1. The molecule has 1 aromatic carbocycles. The van der Waals surface area contributed by atoms with E-state index in [4.69, 9.17) is 0 Å². The Bertz CT molecular complexity index is 836. The van der Waals surface area contributed by atoms with Crippen molar-refractivity contribution in [3.63, 3.8) is 0 Å². The Morgan fingerprint density at radius 1 is 1.28 bits per heavy atom. The molecule has 0 atom stereocenters. The van der Waals surface area contributed by atoms with Crippen LogP contribution in [0.25, 0.3) is 10.9 Å². The Kier molecular flexibility index (Phi) is 5.44. The van der Waals surface area contributed by atoms with Crippen molar-refractivity contribution in [2.24, 2.45) is 0 Å². The maximum atomic E-state index is 12.1. The highest BCUT2D eigenvalue weighted by Gasteiger charge is 2.25. The van der Waals surface area contributed by atoms with E-state index in [9.17, 15) is 13.2 Å². The van der Waals surface area contributed by atoms with Gasteiger partial charge in [-0.25, -0.2) is 12.7 Å². The quantitative estimate of drug-likeness (QED) is 0.824. The topological polar surface area (TPSA) is 82.3 Å². The average Bonchev–Trinajstić information content (AvgIpc) is 2.98. The van der Waals surface area contributed by atoms with Crippen molar-refractivity contribution in [1.82, 2.24) is 14.6 Å². The highest BCUT2D eigenvalue weighted by Crippen LogP contribution is 2.19. The van der Waals surface area contributed by atoms with Crippen LogP contribution in [0.1, 0.15) is 31.2 Å². The van der Waals surface area contributed by atoms with Crippen LogP contribution in [-0.4, -0.2) is 49.0 Å². The highest BCUT2D eigenvalue weighted by molar-refractivity contribution is 7.88.